The first-order chi connectivity index (χ1) is 10.9. The van der Waals surface area contributed by atoms with Crippen LogP contribution in [-0.4, -0.2) is 23.1 Å². The molecule has 0 saturated carbocycles. The largest absolute Gasteiger partial charge is 0.491 e. The van der Waals surface area contributed by atoms with Crippen LogP contribution in [0, 0.1) is 0 Å². The molecule has 0 saturated heterocycles. The molecule has 0 bridgehead atoms. The molecule has 0 radical (unpaired) electrons. The maximum Gasteiger partial charge on any atom is 0.371 e. The van der Waals surface area contributed by atoms with E-state index in [2.05, 4.69) is 5.32 Å². The first-order valence-corrected chi connectivity index (χ1v) is 7.28. The molecule has 23 heavy (non-hydrogen) atoms. The second-order valence-electron chi connectivity index (χ2n) is 5.34. The van der Waals surface area contributed by atoms with Gasteiger partial charge in [0.1, 0.15) is 11.5 Å². The van der Waals surface area contributed by atoms with Crippen molar-refractivity contribution in [3.63, 3.8) is 0 Å². The monoisotopic (exact) mass is 317 g/mol. The topological polar surface area (TPSA) is 88.8 Å². The number of carboxylic acid groups (broad SMARTS) is 1. The predicted molar refractivity (Wildman–Crippen MR) is 83.4 cm³/mol. The highest BCUT2D eigenvalue weighted by molar-refractivity contribution is 5.84. The molecule has 122 valence electrons. The van der Waals surface area contributed by atoms with Crippen LogP contribution in [0.3, 0.4) is 0 Å². The highest BCUT2D eigenvalue weighted by atomic mass is 16.5. The van der Waals surface area contributed by atoms with E-state index >= 15 is 0 Å². The molecule has 6 heteroatoms. The molecule has 2 N–H and O–H groups in total. The van der Waals surface area contributed by atoms with E-state index in [-0.39, 0.29) is 30.7 Å². The van der Waals surface area contributed by atoms with Gasteiger partial charge in [-0.3, -0.25) is 4.79 Å². The Morgan fingerprint density at radius 2 is 2.04 bits per heavy atom. The molecule has 0 aliphatic rings. The van der Waals surface area contributed by atoms with Crippen LogP contribution in [0.25, 0.3) is 0 Å². The summed E-state index contributed by atoms with van der Waals surface area (Å²) in [5, 5.41) is 11.5. The quantitative estimate of drug-likeness (QED) is 0.819. The molecule has 1 aromatic heterocycles. The summed E-state index contributed by atoms with van der Waals surface area (Å²) in [6.07, 6.45) is 0.281. The molecule has 0 unspecified atom stereocenters. The third kappa shape index (κ3) is 5.18. The van der Waals surface area contributed by atoms with Gasteiger partial charge < -0.3 is 19.6 Å². The third-order valence-electron chi connectivity index (χ3n) is 2.97. The van der Waals surface area contributed by atoms with Crippen LogP contribution in [0.15, 0.2) is 40.8 Å². The minimum absolute atomic E-state index is 0.0708. The van der Waals surface area contributed by atoms with Crippen molar-refractivity contribution in [1.82, 2.24) is 5.32 Å². The van der Waals surface area contributed by atoms with Gasteiger partial charge in [-0.1, -0.05) is 12.1 Å². The van der Waals surface area contributed by atoms with Gasteiger partial charge in [0.2, 0.25) is 11.7 Å². The van der Waals surface area contributed by atoms with E-state index in [0.717, 1.165) is 11.3 Å². The number of benzene rings is 1. The molecule has 0 fully saturated rings. The number of nitrogens with one attached hydrogen (secondary N) is 1. The first kappa shape index (κ1) is 16.6. The molecule has 2 aromatic rings. The summed E-state index contributed by atoms with van der Waals surface area (Å²) < 4.78 is 10.7. The van der Waals surface area contributed by atoms with Crippen LogP contribution in [0.4, 0.5) is 0 Å². The number of furan rings is 1. The molecule has 1 heterocycles. The van der Waals surface area contributed by atoms with E-state index < -0.39 is 5.97 Å². The highest BCUT2D eigenvalue weighted by Crippen LogP contribution is 2.15. The molecule has 2 rings (SSSR count). The Labute approximate surface area is 134 Å². The fourth-order valence-corrected chi connectivity index (χ4v) is 2.02. The summed E-state index contributed by atoms with van der Waals surface area (Å²) in [6, 6.07) is 10.2. The van der Waals surface area contributed by atoms with Gasteiger partial charge in [-0.2, -0.15) is 0 Å². The van der Waals surface area contributed by atoms with Crippen LogP contribution in [0.5, 0.6) is 5.75 Å². The Balaban J connectivity index is 1.87. The van der Waals surface area contributed by atoms with Gasteiger partial charge >= 0.3 is 5.97 Å². The fraction of sp³-hybridized carbons (Fsp3) is 0.294. The zero-order valence-corrected chi connectivity index (χ0v) is 13.0. The fourth-order valence-electron chi connectivity index (χ4n) is 2.02. The highest BCUT2D eigenvalue weighted by Gasteiger charge is 2.10. The number of carbonyl (C=O) groups is 2. The molecule has 0 aliphatic carbocycles. The summed E-state index contributed by atoms with van der Waals surface area (Å²) >= 11 is 0. The van der Waals surface area contributed by atoms with E-state index in [9.17, 15) is 9.59 Å². The Bertz CT molecular complexity index is 690. The summed E-state index contributed by atoms with van der Waals surface area (Å²) in [6.45, 7) is 4.02. The average Bonchev–Trinajstić information content (AvgIpc) is 2.94. The van der Waals surface area contributed by atoms with Crippen molar-refractivity contribution < 1.29 is 23.8 Å². The van der Waals surface area contributed by atoms with Crippen molar-refractivity contribution in [2.24, 2.45) is 0 Å². The first-order valence-electron chi connectivity index (χ1n) is 7.28. The summed E-state index contributed by atoms with van der Waals surface area (Å²) in [5.41, 5.74) is 0.839. The van der Waals surface area contributed by atoms with Crippen LogP contribution < -0.4 is 10.1 Å². The zero-order chi connectivity index (χ0) is 16.8. The summed E-state index contributed by atoms with van der Waals surface area (Å²) in [5.74, 6) is -0.340. The van der Waals surface area contributed by atoms with E-state index in [4.69, 9.17) is 14.3 Å². The SMILES string of the molecule is CC(C)Oc1cccc(CC(=O)NCc2ccc(C(=O)O)o2)c1. The molecular weight excluding hydrogens is 298 g/mol. The second-order valence-corrected chi connectivity index (χ2v) is 5.34. The van der Waals surface area contributed by atoms with E-state index in [0.29, 0.717) is 5.76 Å². The Kier molecular flexibility index (Phi) is 5.41. The second kappa shape index (κ2) is 7.49. The Morgan fingerprint density at radius 1 is 1.26 bits per heavy atom. The summed E-state index contributed by atoms with van der Waals surface area (Å²) in [4.78, 5) is 22.7. The lowest BCUT2D eigenvalue weighted by molar-refractivity contribution is -0.120. The lowest BCUT2D eigenvalue weighted by Gasteiger charge is -2.10. The number of carbonyl (C=O) groups excluding carboxylic acids is 1. The molecule has 1 amide bonds. The van der Waals surface area contributed by atoms with Gasteiger partial charge in [-0.25, -0.2) is 4.79 Å². The number of hydrogen-bond acceptors (Lipinski definition) is 4. The predicted octanol–water partition coefficient (Wildman–Crippen LogP) is 2.62. The molecule has 0 atom stereocenters. The van der Waals surface area contributed by atoms with Crippen molar-refractivity contribution in [3.8, 4) is 5.75 Å². The minimum Gasteiger partial charge on any atom is -0.491 e. The third-order valence-corrected chi connectivity index (χ3v) is 2.97. The van der Waals surface area contributed by atoms with Crippen LogP contribution in [-0.2, 0) is 17.8 Å². The van der Waals surface area contributed by atoms with Crippen molar-refractivity contribution >= 4 is 11.9 Å². The van der Waals surface area contributed by atoms with Crippen molar-refractivity contribution in [2.45, 2.75) is 32.9 Å². The molecule has 0 spiro atoms. The van der Waals surface area contributed by atoms with Crippen LogP contribution in [0.1, 0.15) is 35.7 Å². The van der Waals surface area contributed by atoms with Gasteiger partial charge in [0.25, 0.3) is 0 Å². The standard InChI is InChI=1S/C17H19NO5/c1-11(2)22-13-5-3-4-12(8-13)9-16(19)18-10-14-6-7-15(23-14)17(20)21/h3-8,11H,9-10H2,1-2H3,(H,18,19)(H,20,21). The maximum absolute atomic E-state index is 12.0. The van der Waals surface area contributed by atoms with Crippen molar-refractivity contribution in [3.05, 3.63) is 53.5 Å². The molecular formula is C17H19NO5. The number of amides is 1. The molecule has 6 nitrogen and oxygen atoms in total. The van der Waals surface area contributed by atoms with Crippen molar-refractivity contribution in [2.75, 3.05) is 0 Å². The summed E-state index contributed by atoms with van der Waals surface area (Å²) in [7, 11) is 0. The van der Waals surface area contributed by atoms with E-state index in [1.54, 1.807) is 0 Å². The Hall–Kier alpha value is -2.76. The molecule has 0 aliphatic heterocycles. The lowest BCUT2D eigenvalue weighted by atomic mass is 10.1. The lowest BCUT2D eigenvalue weighted by Crippen LogP contribution is -2.24. The van der Waals surface area contributed by atoms with Gasteiger partial charge in [0.05, 0.1) is 19.1 Å². The van der Waals surface area contributed by atoms with E-state index in [1.165, 1.54) is 12.1 Å². The van der Waals surface area contributed by atoms with E-state index in [1.807, 2.05) is 38.1 Å². The van der Waals surface area contributed by atoms with Crippen molar-refractivity contribution in [1.29, 1.82) is 0 Å². The average molecular weight is 317 g/mol. The van der Waals surface area contributed by atoms with Gasteiger partial charge in [-0.05, 0) is 43.7 Å². The van der Waals surface area contributed by atoms with Gasteiger partial charge in [0, 0.05) is 0 Å². The minimum atomic E-state index is -1.13. The van der Waals surface area contributed by atoms with Crippen LogP contribution >= 0.6 is 0 Å². The number of rotatable bonds is 7. The number of ether oxygens (including phenoxy) is 1. The van der Waals surface area contributed by atoms with Gasteiger partial charge in [-0.15, -0.1) is 0 Å². The number of carboxylic acids is 1. The zero-order valence-electron chi connectivity index (χ0n) is 13.0. The number of hydrogen-bond donors (Lipinski definition) is 2. The van der Waals surface area contributed by atoms with Crippen LogP contribution in [0.2, 0.25) is 0 Å². The smallest absolute Gasteiger partial charge is 0.371 e. The maximum atomic E-state index is 12.0. The van der Waals surface area contributed by atoms with Gasteiger partial charge in [0.15, 0.2) is 0 Å². The number of aromatic carboxylic acids is 1. The Morgan fingerprint density at radius 3 is 2.70 bits per heavy atom. The normalized spacial score (nSPS) is 10.6. The molecule has 1 aromatic carbocycles.